The largest absolute Gasteiger partial charge is 0.573 e. The maximum Gasteiger partial charge on any atom is 0.573 e. The molecule has 1 aliphatic rings. The normalized spacial score (nSPS) is 15.9. The minimum Gasteiger partial charge on any atom is -0.399 e. The Morgan fingerprint density at radius 3 is 2.43 bits per heavy atom. The molecule has 7 heteroatoms. The second kappa shape index (κ2) is 10.5. The van der Waals surface area contributed by atoms with E-state index in [4.69, 9.17) is 0 Å². The zero-order chi connectivity index (χ0) is 25.2. The Morgan fingerprint density at radius 1 is 0.914 bits per heavy atom. The van der Waals surface area contributed by atoms with E-state index >= 15 is 4.39 Å². The van der Waals surface area contributed by atoms with Gasteiger partial charge in [-0.2, -0.15) is 0 Å². The molecule has 1 nitrogen and oxygen atoms in total. The lowest BCUT2D eigenvalue weighted by molar-refractivity contribution is -0.276. The molecule has 0 N–H and O–H groups in total. The zero-order valence-corrected chi connectivity index (χ0v) is 19.6. The summed E-state index contributed by atoms with van der Waals surface area (Å²) in [6.07, 6.45) is 2.19. The molecule has 0 spiro atoms. The number of benzene rings is 3. The molecular weight excluding hydrogens is 466 g/mol. The molecule has 0 amide bonds. The first-order chi connectivity index (χ1) is 16.7. The summed E-state index contributed by atoms with van der Waals surface area (Å²) in [6.45, 7) is 2.18. The molecule has 1 unspecified atom stereocenters. The third-order valence-corrected chi connectivity index (χ3v) is 6.85. The Hall–Kier alpha value is -2.70. The van der Waals surface area contributed by atoms with Crippen LogP contribution >= 0.6 is 0 Å². The molecular formula is C28H28F6O. The van der Waals surface area contributed by atoms with Gasteiger partial charge in [-0.15, -0.1) is 13.2 Å². The van der Waals surface area contributed by atoms with Crippen LogP contribution in [0, 0.1) is 17.5 Å². The number of hydrogen-bond donors (Lipinski definition) is 0. The minimum atomic E-state index is -5.20. The van der Waals surface area contributed by atoms with Crippen molar-refractivity contribution in [1.29, 1.82) is 0 Å². The number of halogens is 6. The summed E-state index contributed by atoms with van der Waals surface area (Å²) in [5.41, 5.74) is 1.85. The molecule has 3 aromatic rings. The summed E-state index contributed by atoms with van der Waals surface area (Å²) in [7, 11) is 0. The number of ether oxygens (including phenoxy) is 1. The number of rotatable bonds is 8. The molecule has 0 saturated carbocycles. The standard InChI is InChI=1S/C28H28F6O/c1-2-3-4-5-6-7-17-8-11-21-18(14-17)9-12-22(25(21)30)19-10-13-23-20(15-19)16-24(29)27(26(23)31)35-28(32,33)34/h8-9,11-12,14,16,19H,2-7,10,13,15H2,1H3. The van der Waals surface area contributed by atoms with E-state index in [1.54, 1.807) is 12.1 Å². The SMILES string of the molecule is CCCCCCCc1ccc2c(F)c(C3CCc4c(cc(F)c(OC(F)(F)F)c4F)C3)ccc2c1. The van der Waals surface area contributed by atoms with Crippen LogP contribution in [0.25, 0.3) is 10.8 Å². The molecule has 0 heterocycles. The van der Waals surface area contributed by atoms with E-state index in [9.17, 15) is 22.0 Å². The van der Waals surface area contributed by atoms with E-state index in [1.165, 1.54) is 25.7 Å². The van der Waals surface area contributed by atoms with Gasteiger partial charge in [0, 0.05) is 5.39 Å². The highest BCUT2D eigenvalue weighted by molar-refractivity contribution is 5.84. The highest BCUT2D eigenvalue weighted by Gasteiger charge is 2.36. The molecule has 4 rings (SSSR count). The monoisotopic (exact) mass is 494 g/mol. The van der Waals surface area contributed by atoms with Gasteiger partial charge in [-0.1, -0.05) is 62.9 Å². The molecule has 1 atom stereocenters. The maximum atomic E-state index is 15.5. The lowest BCUT2D eigenvalue weighted by atomic mass is 9.79. The van der Waals surface area contributed by atoms with Crippen LogP contribution in [0.1, 0.15) is 73.6 Å². The number of alkyl halides is 3. The molecule has 0 radical (unpaired) electrons. The van der Waals surface area contributed by atoms with E-state index in [0.29, 0.717) is 17.4 Å². The predicted octanol–water partition coefficient (Wildman–Crippen LogP) is 8.94. The van der Waals surface area contributed by atoms with Crippen molar-refractivity contribution in [2.24, 2.45) is 0 Å². The van der Waals surface area contributed by atoms with Gasteiger partial charge in [0.2, 0.25) is 5.75 Å². The van der Waals surface area contributed by atoms with Crippen LogP contribution in [0.4, 0.5) is 26.3 Å². The van der Waals surface area contributed by atoms with Gasteiger partial charge < -0.3 is 4.74 Å². The third-order valence-electron chi connectivity index (χ3n) is 6.85. The Kier molecular flexibility index (Phi) is 7.62. The van der Waals surface area contributed by atoms with Crippen molar-refractivity contribution >= 4 is 10.8 Å². The number of unbranched alkanes of at least 4 members (excludes halogenated alkanes) is 4. The first-order valence-electron chi connectivity index (χ1n) is 12.1. The lowest BCUT2D eigenvalue weighted by Crippen LogP contribution is -2.21. The predicted molar refractivity (Wildman–Crippen MR) is 124 cm³/mol. The molecule has 0 bridgehead atoms. The number of hydrogen-bond acceptors (Lipinski definition) is 1. The van der Waals surface area contributed by atoms with Gasteiger partial charge in [-0.3, -0.25) is 0 Å². The van der Waals surface area contributed by atoms with Crippen LogP contribution in [-0.2, 0) is 19.3 Å². The van der Waals surface area contributed by atoms with Gasteiger partial charge in [0.15, 0.2) is 11.6 Å². The quantitative estimate of drug-likeness (QED) is 0.224. The molecule has 188 valence electrons. The fraction of sp³-hybridized carbons (Fsp3) is 0.429. The van der Waals surface area contributed by atoms with E-state index in [2.05, 4.69) is 11.7 Å². The first kappa shape index (κ1) is 25.4. The van der Waals surface area contributed by atoms with Crippen molar-refractivity contribution in [2.75, 3.05) is 0 Å². The first-order valence-corrected chi connectivity index (χ1v) is 12.1. The highest BCUT2D eigenvalue weighted by Crippen LogP contribution is 2.40. The van der Waals surface area contributed by atoms with E-state index in [0.717, 1.165) is 29.9 Å². The maximum absolute atomic E-state index is 15.5. The Balaban J connectivity index is 1.53. The second-order valence-electron chi connectivity index (χ2n) is 9.32. The third kappa shape index (κ3) is 5.76. The minimum absolute atomic E-state index is 0.00771. The fourth-order valence-electron chi connectivity index (χ4n) is 5.06. The van der Waals surface area contributed by atoms with Crippen LogP contribution < -0.4 is 4.74 Å². The van der Waals surface area contributed by atoms with Crippen LogP contribution in [0.3, 0.4) is 0 Å². The van der Waals surface area contributed by atoms with Crippen molar-refractivity contribution in [3.05, 3.63) is 76.1 Å². The van der Waals surface area contributed by atoms with Crippen LogP contribution in [0.15, 0.2) is 36.4 Å². The summed E-state index contributed by atoms with van der Waals surface area (Å²) in [5.74, 6) is -4.88. The van der Waals surface area contributed by atoms with Gasteiger partial charge in [0.1, 0.15) is 5.82 Å². The van der Waals surface area contributed by atoms with Gasteiger partial charge in [0.25, 0.3) is 0 Å². The topological polar surface area (TPSA) is 9.23 Å². The summed E-state index contributed by atoms with van der Waals surface area (Å²) < 4.78 is 85.4. The molecule has 0 saturated heterocycles. The summed E-state index contributed by atoms with van der Waals surface area (Å²) >= 11 is 0. The molecule has 0 fully saturated rings. The van der Waals surface area contributed by atoms with Crippen LogP contribution in [-0.4, -0.2) is 6.36 Å². The average molecular weight is 495 g/mol. The van der Waals surface area contributed by atoms with Crippen molar-refractivity contribution in [1.82, 2.24) is 0 Å². The van der Waals surface area contributed by atoms with Gasteiger partial charge >= 0.3 is 6.36 Å². The summed E-state index contributed by atoms with van der Waals surface area (Å²) in [6, 6.07) is 10.2. The lowest BCUT2D eigenvalue weighted by Gasteiger charge is -2.27. The zero-order valence-electron chi connectivity index (χ0n) is 19.6. The van der Waals surface area contributed by atoms with Crippen molar-refractivity contribution in [3.8, 4) is 5.75 Å². The second-order valence-corrected chi connectivity index (χ2v) is 9.32. The summed E-state index contributed by atoms with van der Waals surface area (Å²) in [4.78, 5) is 0. The highest BCUT2D eigenvalue weighted by atomic mass is 19.4. The van der Waals surface area contributed by atoms with Gasteiger partial charge in [-0.25, -0.2) is 13.2 Å². The Morgan fingerprint density at radius 2 is 1.69 bits per heavy atom. The fourth-order valence-corrected chi connectivity index (χ4v) is 5.06. The van der Waals surface area contributed by atoms with E-state index in [1.807, 2.05) is 18.2 Å². The molecule has 0 aliphatic heterocycles. The average Bonchev–Trinajstić information content (AvgIpc) is 2.81. The molecule has 35 heavy (non-hydrogen) atoms. The number of fused-ring (bicyclic) bond motifs is 2. The van der Waals surface area contributed by atoms with Gasteiger partial charge in [-0.05, 0) is 71.7 Å². The van der Waals surface area contributed by atoms with E-state index in [-0.39, 0.29) is 35.7 Å². The smallest absolute Gasteiger partial charge is 0.399 e. The molecule has 1 aliphatic carbocycles. The number of aryl methyl sites for hydroxylation is 1. The van der Waals surface area contributed by atoms with Gasteiger partial charge in [0.05, 0.1) is 0 Å². The van der Waals surface area contributed by atoms with Crippen LogP contribution in [0.5, 0.6) is 5.75 Å². The van der Waals surface area contributed by atoms with Crippen LogP contribution in [0.2, 0.25) is 0 Å². The van der Waals surface area contributed by atoms with Crippen molar-refractivity contribution in [2.45, 2.75) is 77.0 Å². The van der Waals surface area contributed by atoms with Crippen molar-refractivity contribution in [3.63, 3.8) is 0 Å². The molecule has 3 aromatic carbocycles. The van der Waals surface area contributed by atoms with Crippen molar-refractivity contribution < 1.29 is 31.1 Å². The Bertz CT molecular complexity index is 1200. The van der Waals surface area contributed by atoms with E-state index < -0.39 is 23.7 Å². The summed E-state index contributed by atoms with van der Waals surface area (Å²) in [5, 5.41) is 1.30. The Labute approximate surface area is 201 Å². The molecule has 0 aromatic heterocycles.